The Morgan fingerprint density at radius 2 is 1.77 bits per heavy atom. The van der Waals surface area contributed by atoms with Crippen molar-refractivity contribution < 1.29 is 14.3 Å². The number of primary amides is 1. The number of nitrogens with one attached hydrogen (secondary N) is 1. The second kappa shape index (κ2) is 7.91. The molecule has 0 saturated carbocycles. The molecule has 0 fully saturated rings. The summed E-state index contributed by atoms with van der Waals surface area (Å²) in [7, 11) is 3.86. The van der Waals surface area contributed by atoms with Crippen molar-refractivity contribution in [2.45, 2.75) is 25.9 Å². The Hall–Kier alpha value is -3.02. The molecular formula is C20H25N3O3. The molecule has 0 aliphatic heterocycles. The molecule has 6 heteroatoms. The average molecular weight is 355 g/mol. The molecule has 0 aliphatic carbocycles. The largest absolute Gasteiger partial charge is 0.443 e. The molecule has 0 bridgehead atoms. The van der Waals surface area contributed by atoms with Gasteiger partial charge in [0.1, 0.15) is 5.60 Å². The summed E-state index contributed by atoms with van der Waals surface area (Å²) in [6.07, 6.45) is -0.270. The monoisotopic (exact) mass is 355 g/mol. The Morgan fingerprint density at radius 3 is 2.35 bits per heavy atom. The summed E-state index contributed by atoms with van der Waals surface area (Å²) < 4.78 is 5.09. The minimum Gasteiger partial charge on any atom is -0.443 e. The zero-order chi connectivity index (χ0) is 19.3. The van der Waals surface area contributed by atoms with Gasteiger partial charge in [0.2, 0.25) is 0 Å². The minimum absolute atomic E-state index is 0.168. The maximum Gasteiger partial charge on any atom is 0.405 e. The summed E-state index contributed by atoms with van der Waals surface area (Å²) >= 11 is 0. The van der Waals surface area contributed by atoms with E-state index < -0.39 is 11.7 Å². The summed E-state index contributed by atoms with van der Waals surface area (Å²) in [5.41, 5.74) is 7.62. The molecule has 6 nitrogen and oxygen atoms in total. The second-order valence-corrected chi connectivity index (χ2v) is 6.95. The number of carbonyl (C=O) groups excluding carboxylic acids is 2. The highest BCUT2D eigenvalue weighted by Crippen LogP contribution is 2.20. The third-order valence-electron chi connectivity index (χ3n) is 3.84. The topological polar surface area (TPSA) is 84.7 Å². The van der Waals surface area contributed by atoms with Gasteiger partial charge in [0.05, 0.1) is 0 Å². The van der Waals surface area contributed by atoms with Crippen LogP contribution in [0, 0.1) is 0 Å². The molecule has 2 aromatic rings. The lowest BCUT2D eigenvalue weighted by molar-refractivity contribution is 0.0460. The predicted octanol–water partition coefficient (Wildman–Crippen LogP) is 3.42. The van der Waals surface area contributed by atoms with Gasteiger partial charge < -0.3 is 20.7 Å². The summed E-state index contributed by atoms with van der Waals surface area (Å²) in [4.78, 5) is 25.3. The van der Waals surface area contributed by atoms with Crippen molar-refractivity contribution in [3.8, 4) is 0 Å². The highest BCUT2D eigenvalue weighted by Gasteiger charge is 2.22. The third-order valence-corrected chi connectivity index (χ3v) is 3.84. The lowest BCUT2D eigenvalue weighted by Crippen LogP contribution is -2.33. The van der Waals surface area contributed by atoms with Gasteiger partial charge in [-0.15, -0.1) is 0 Å². The normalized spacial score (nSPS) is 10.9. The fourth-order valence-corrected chi connectivity index (χ4v) is 2.63. The van der Waals surface area contributed by atoms with Gasteiger partial charge in [-0.1, -0.05) is 18.2 Å². The molecule has 0 aromatic heterocycles. The van der Waals surface area contributed by atoms with Crippen LogP contribution in [0.2, 0.25) is 0 Å². The molecule has 0 unspecified atom stereocenters. The van der Waals surface area contributed by atoms with E-state index in [2.05, 4.69) is 5.32 Å². The van der Waals surface area contributed by atoms with E-state index in [1.54, 1.807) is 19.9 Å². The number of rotatable bonds is 6. The van der Waals surface area contributed by atoms with Crippen molar-refractivity contribution in [3.63, 3.8) is 0 Å². The minimum atomic E-state index is -0.793. The Balaban J connectivity index is 2.04. The number of nitrogens with zero attached hydrogens (tertiary/aromatic N) is 1. The summed E-state index contributed by atoms with van der Waals surface area (Å²) in [5, 5.41) is 2.88. The number of ether oxygens (including phenoxy) is 1. The zero-order valence-electron chi connectivity index (χ0n) is 15.6. The van der Waals surface area contributed by atoms with Crippen molar-refractivity contribution in [3.05, 3.63) is 59.7 Å². The van der Waals surface area contributed by atoms with E-state index in [4.69, 9.17) is 10.5 Å². The fourth-order valence-electron chi connectivity index (χ4n) is 2.63. The van der Waals surface area contributed by atoms with Gasteiger partial charge in [0, 0.05) is 37.5 Å². The Bertz CT molecular complexity index is 783. The standard InChI is InChI=1S/C20H25N3O3/c1-20(2,26-19(21)25)13-14-8-10-16(11-9-14)22-18(24)15-6-5-7-17(12-15)23(3)4/h5-12H,13H2,1-4H3,(H2,21,25)(H,22,24). The van der Waals surface area contributed by atoms with Crippen molar-refractivity contribution in [1.29, 1.82) is 0 Å². The van der Waals surface area contributed by atoms with E-state index in [-0.39, 0.29) is 5.91 Å². The highest BCUT2D eigenvalue weighted by molar-refractivity contribution is 6.04. The van der Waals surface area contributed by atoms with E-state index in [1.807, 2.05) is 61.5 Å². The first-order chi connectivity index (χ1) is 12.2. The van der Waals surface area contributed by atoms with Gasteiger partial charge in [-0.3, -0.25) is 4.79 Å². The van der Waals surface area contributed by atoms with Crippen LogP contribution in [0.4, 0.5) is 16.2 Å². The number of anilines is 2. The molecule has 138 valence electrons. The van der Waals surface area contributed by atoms with Crippen LogP contribution in [0.3, 0.4) is 0 Å². The molecule has 2 amide bonds. The average Bonchev–Trinajstić information content (AvgIpc) is 2.55. The molecule has 0 heterocycles. The molecule has 2 rings (SSSR count). The number of amides is 2. The smallest absolute Gasteiger partial charge is 0.405 e. The lowest BCUT2D eigenvalue weighted by atomic mass is 9.98. The summed E-state index contributed by atoms with van der Waals surface area (Å²) in [6.45, 7) is 3.59. The lowest BCUT2D eigenvalue weighted by Gasteiger charge is -2.24. The van der Waals surface area contributed by atoms with E-state index in [1.165, 1.54) is 0 Å². The van der Waals surface area contributed by atoms with Crippen LogP contribution in [-0.4, -0.2) is 31.7 Å². The van der Waals surface area contributed by atoms with Crippen LogP contribution < -0.4 is 16.0 Å². The maximum absolute atomic E-state index is 12.4. The number of hydrogen-bond acceptors (Lipinski definition) is 4. The molecule has 0 aliphatic rings. The quantitative estimate of drug-likeness (QED) is 0.831. The van der Waals surface area contributed by atoms with E-state index in [0.717, 1.165) is 11.3 Å². The maximum atomic E-state index is 12.4. The molecule has 0 radical (unpaired) electrons. The van der Waals surface area contributed by atoms with Crippen molar-refractivity contribution in [1.82, 2.24) is 0 Å². The summed E-state index contributed by atoms with van der Waals surface area (Å²) in [5.74, 6) is -0.168. The molecule has 2 aromatic carbocycles. The van der Waals surface area contributed by atoms with Crippen LogP contribution in [-0.2, 0) is 11.2 Å². The Morgan fingerprint density at radius 1 is 1.12 bits per heavy atom. The molecular weight excluding hydrogens is 330 g/mol. The SMILES string of the molecule is CN(C)c1cccc(C(=O)Nc2ccc(CC(C)(C)OC(N)=O)cc2)c1. The van der Waals surface area contributed by atoms with Crippen molar-refractivity contribution in [2.75, 3.05) is 24.3 Å². The van der Waals surface area contributed by atoms with Gasteiger partial charge in [0.15, 0.2) is 0 Å². The third kappa shape index (κ3) is 5.51. The van der Waals surface area contributed by atoms with Gasteiger partial charge >= 0.3 is 6.09 Å². The highest BCUT2D eigenvalue weighted by atomic mass is 16.6. The number of nitrogens with two attached hydrogens (primary N) is 1. The zero-order valence-corrected chi connectivity index (χ0v) is 15.6. The van der Waals surface area contributed by atoms with Crippen LogP contribution in [0.25, 0.3) is 0 Å². The molecule has 0 atom stereocenters. The molecule has 26 heavy (non-hydrogen) atoms. The fraction of sp³-hybridized carbons (Fsp3) is 0.300. The van der Waals surface area contributed by atoms with E-state index in [9.17, 15) is 9.59 Å². The van der Waals surface area contributed by atoms with Crippen molar-refractivity contribution in [2.24, 2.45) is 5.73 Å². The van der Waals surface area contributed by atoms with Gasteiger partial charge in [-0.2, -0.15) is 0 Å². The first kappa shape index (κ1) is 19.3. The number of carbonyl (C=O) groups is 2. The second-order valence-electron chi connectivity index (χ2n) is 6.95. The van der Waals surface area contributed by atoms with Crippen LogP contribution >= 0.6 is 0 Å². The van der Waals surface area contributed by atoms with Crippen LogP contribution in [0.1, 0.15) is 29.8 Å². The van der Waals surface area contributed by atoms with E-state index >= 15 is 0 Å². The number of hydrogen-bond donors (Lipinski definition) is 2. The summed E-state index contributed by atoms with van der Waals surface area (Å²) in [6, 6.07) is 14.8. The Kier molecular flexibility index (Phi) is 5.87. The first-order valence-corrected chi connectivity index (χ1v) is 8.32. The van der Waals surface area contributed by atoms with Crippen molar-refractivity contribution >= 4 is 23.4 Å². The van der Waals surface area contributed by atoms with Gasteiger partial charge in [-0.25, -0.2) is 4.79 Å². The predicted molar refractivity (Wildman–Crippen MR) is 104 cm³/mol. The van der Waals surface area contributed by atoms with Crippen LogP contribution in [0.15, 0.2) is 48.5 Å². The van der Waals surface area contributed by atoms with Gasteiger partial charge in [-0.05, 0) is 49.7 Å². The molecule has 0 saturated heterocycles. The van der Waals surface area contributed by atoms with E-state index in [0.29, 0.717) is 17.7 Å². The van der Waals surface area contributed by atoms with Gasteiger partial charge in [0.25, 0.3) is 5.91 Å². The molecule has 0 spiro atoms. The first-order valence-electron chi connectivity index (χ1n) is 8.32. The molecule has 3 N–H and O–H groups in total. The number of benzene rings is 2. The Labute approximate surface area is 153 Å². The van der Waals surface area contributed by atoms with Crippen LogP contribution in [0.5, 0.6) is 0 Å².